The van der Waals surface area contributed by atoms with E-state index in [-0.39, 0.29) is 27.9 Å². The van der Waals surface area contributed by atoms with E-state index in [0.29, 0.717) is 21.2 Å². The van der Waals surface area contributed by atoms with E-state index in [1.807, 2.05) is 6.07 Å². The van der Waals surface area contributed by atoms with Crippen molar-refractivity contribution in [2.24, 2.45) is 5.10 Å². The zero-order chi connectivity index (χ0) is 29.8. The fourth-order valence-corrected chi connectivity index (χ4v) is 5.48. The smallest absolute Gasteiger partial charge is 0.313 e. The minimum Gasteiger partial charge on any atom is -0.476 e. The van der Waals surface area contributed by atoms with Crippen molar-refractivity contribution in [1.29, 1.82) is 0 Å². The molecule has 0 saturated heterocycles. The highest BCUT2D eigenvalue weighted by atomic mass is 79.9. The molecule has 10 nitrogen and oxygen atoms in total. The number of fused-ring (bicyclic) bond motifs is 1. The molecule has 1 saturated carbocycles. The maximum absolute atomic E-state index is 14.0. The molecule has 0 aliphatic heterocycles. The van der Waals surface area contributed by atoms with Crippen molar-refractivity contribution in [3.8, 4) is 5.75 Å². The first kappa shape index (κ1) is 29.3. The van der Waals surface area contributed by atoms with E-state index < -0.39 is 34.5 Å². The quantitative estimate of drug-likeness (QED) is 0.126. The van der Waals surface area contributed by atoms with Gasteiger partial charge in [-0.05, 0) is 49.2 Å². The van der Waals surface area contributed by atoms with Crippen LogP contribution in [-0.2, 0) is 4.79 Å². The molecule has 13 heteroatoms. The van der Waals surface area contributed by atoms with Crippen LogP contribution in [0.5, 0.6) is 5.75 Å². The number of benzene rings is 3. The van der Waals surface area contributed by atoms with E-state index >= 15 is 0 Å². The van der Waals surface area contributed by atoms with Crippen LogP contribution in [0.2, 0.25) is 5.02 Å². The van der Waals surface area contributed by atoms with Crippen molar-refractivity contribution >= 4 is 61.9 Å². The van der Waals surface area contributed by atoms with E-state index in [0.717, 1.165) is 38.2 Å². The van der Waals surface area contributed by atoms with Gasteiger partial charge in [0, 0.05) is 27.0 Å². The van der Waals surface area contributed by atoms with Crippen LogP contribution < -0.4 is 15.6 Å². The van der Waals surface area contributed by atoms with Gasteiger partial charge in [-0.3, -0.25) is 19.7 Å². The second-order valence-electron chi connectivity index (χ2n) is 9.75. The number of aromatic nitrogens is 2. The van der Waals surface area contributed by atoms with Crippen LogP contribution >= 0.6 is 27.5 Å². The van der Waals surface area contributed by atoms with Crippen LogP contribution in [0.25, 0.3) is 10.9 Å². The van der Waals surface area contributed by atoms with Gasteiger partial charge in [0.1, 0.15) is 11.6 Å². The Morgan fingerprint density at radius 1 is 1.21 bits per heavy atom. The molecule has 216 valence electrons. The van der Waals surface area contributed by atoms with E-state index in [4.69, 9.17) is 21.3 Å². The third-order valence-electron chi connectivity index (χ3n) is 6.87. The van der Waals surface area contributed by atoms with Gasteiger partial charge in [0.15, 0.2) is 6.61 Å². The summed E-state index contributed by atoms with van der Waals surface area (Å²) in [4.78, 5) is 42.1. The third-order valence-corrected chi connectivity index (χ3v) is 7.58. The highest BCUT2D eigenvalue weighted by Gasteiger charge is 2.24. The average Bonchev–Trinajstić information content (AvgIpc) is 2.97. The molecule has 42 heavy (non-hydrogen) atoms. The molecule has 0 unspecified atom stereocenters. The van der Waals surface area contributed by atoms with Crippen molar-refractivity contribution < 1.29 is 18.8 Å². The number of nitro groups is 1. The number of ether oxygens (including phenoxy) is 1. The van der Waals surface area contributed by atoms with Crippen LogP contribution in [-0.4, -0.2) is 33.3 Å². The van der Waals surface area contributed by atoms with Crippen LogP contribution in [0.4, 0.5) is 15.8 Å². The predicted molar refractivity (Wildman–Crippen MR) is 161 cm³/mol. The number of nitro benzene ring substituents is 1. The molecule has 1 aliphatic carbocycles. The van der Waals surface area contributed by atoms with Crippen molar-refractivity contribution in [3.63, 3.8) is 0 Å². The van der Waals surface area contributed by atoms with E-state index in [9.17, 15) is 24.1 Å². The average molecular weight is 657 g/mol. The van der Waals surface area contributed by atoms with Gasteiger partial charge >= 0.3 is 5.69 Å². The summed E-state index contributed by atoms with van der Waals surface area (Å²) < 4.78 is 21.4. The molecule has 1 aromatic heterocycles. The first-order chi connectivity index (χ1) is 20.2. The molecule has 4 aromatic rings. The topological polar surface area (TPSA) is 129 Å². The van der Waals surface area contributed by atoms with E-state index in [1.54, 1.807) is 18.2 Å². The summed E-state index contributed by atoms with van der Waals surface area (Å²) in [6.45, 7) is -0.670. The largest absolute Gasteiger partial charge is 0.476 e. The lowest BCUT2D eigenvalue weighted by atomic mass is 9.88. The molecule has 1 aliphatic rings. The van der Waals surface area contributed by atoms with Crippen LogP contribution in [0.3, 0.4) is 0 Å². The Morgan fingerprint density at radius 3 is 2.71 bits per heavy atom. The summed E-state index contributed by atoms with van der Waals surface area (Å²) in [6, 6.07) is 13.3. The standard InChI is InChI=1S/C29H24BrClFN5O5/c30-19-10-11-23-21(13-19)29(39)36(28(35-23)17-6-2-1-3-7-17)33-15-18-12-20(31)14-25(37(40)41)27(18)42-16-26(38)34-24-9-5-4-8-22(24)32/h4-5,8-15,17H,1-3,6-7,16H2,(H,34,38). The van der Waals surface area contributed by atoms with Crippen molar-refractivity contribution in [3.05, 3.63) is 102 Å². The lowest BCUT2D eigenvalue weighted by Crippen LogP contribution is -2.25. The molecule has 0 bridgehead atoms. The molecule has 0 spiro atoms. The predicted octanol–water partition coefficient (Wildman–Crippen LogP) is 6.81. The second-order valence-corrected chi connectivity index (χ2v) is 11.1. The number of rotatable bonds is 8. The zero-order valence-corrected chi connectivity index (χ0v) is 24.4. The van der Waals surface area contributed by atoms with Gasteiger partial charge in [0.25, 0.3) is 11.5 Å². The summed E-state index contributed by atoms with van der Waals surface area (Å²) in [5.41, 5.74) is -0.379. The van der Waals surface area contributed by atoms with Gasteiger partial charge in [-0.2, -0.15) is 9.78 Å². The minimum absolute atomic E-state index is 0.00291. The van der Waals surface area contributed by atoms with Crippen LogP contribution in [0.1, 0.15) is 49.4 Å². The summed E-state index contributed by atoms with van der Waals surface area (Å²) in [5.74, 6) is -1.18. The molecule has 1 N–H and O–H groups in total. The van der Waals surface area contributed by atoms with Gasteiger partial charge < -0.3 is 10.1 Å². The number of anilines is 1. The fourth-order valence-electron chi connectivity index (χ4n) is 4.90. The lowest BCUT2D eigenvalue weighted by molar-refractivity contribution is -0.385. The zero-order valence-electron chi connectivity index (χ0n) is 22.1. The summed E-state index contributed by atoms with van der Waals surface area (Å²) in [5, 5.41) is 19.0. The van der Waals surface area contributed by atoms with Crippen LogP contribution in [0, 0.1) is 15.9 Å². The molecule has 1 amide bonds. The number of carbonyl (C=O) groups excluding carboxylic acids is 1. The number of nitrogens with zero attached hydrogens (tertiary/aromatic N) is 4. The van der Waals surface area contributed by atoms with Crippen molar-refractivity contribution in [2.45, 2.75) is 38.0 Å². The Morgan fingerprint density at radius 2 is 1.98 bits per heavy atom. The molecule has 0 atom stereocenters. The molecule has 3 aromatic carbocycles. The van der Waals surface area contributed by atoms with Gasteiger partial charge in [-0.25, -0.2) is 9.37 Å². The Hall–Kier alpha value is -4.16. The molecular weight excluding hydrogens is 633 g/mol. The summed E-state index contributed by atoms with van der Waals surface area (Å²) in [6.07, 6.45) is 6.01. The maximum Gasteiger partial charge on any atom is 0.313 e. The number of carbonyl (C=O) groups is 1. The van der Waals surface area contributed by atoms with E-state index in [2.05, 4.69) is 26.3 Å². The lowest BCUT2D eigenvalue weighted by Gasteiger charge is -2.22. The maximum atomic E-state index is 14.0. The minimum atomic E-state index is -0.743. The third kappa shape index (κ3) is 6.50. The Kier molecular flexibility index (Phi) is 8.93. The Labute approximate surface area is 252 Å². The highest BCUT2D eigenvalue weighted by molar-refractivity contribution is 9.10. The van der Waals surface area contributed by atoms with Crippen molar-refractivity contribution in [2.75, 3.05) is 11.9 Å². The van der Waals surface area contributed by atoms with Gasteiger partial charge in [-0.15, -0.1) is 0 Å². The number of amides is 1. The number of hydrogen-bond acceptors (Lipinski definition) is 7. The fraction of sp³-hybridized carbons (Fsp3) is 0.241. The van der Waals surface area contributed by atoms with Crippen LogP contribution in [0.15, 0.2) is 69.0 Å². The first-order valence-corrected chi connectivity index (χ1v) is 14.3. The Balaban J connectivity index is 1.54. The summed E-state index contributed by atoms with van der Waals surface area (Å²) in [7, 11) is 0. The normalized spacial score (nSPS) is 13.9. The first-order valence-electron chi connectivity index (χ1n) is 13.1. The number of para-hydroxylation sites is 1. The highest BCUT2D eigenvalue weighted by Crippen LogP contribution is 2.35. The van der Waals surface area contributed by atoms with Gasteiger partial charge in [-0.1, -0.05) is 58.9 Å². The molecule has 1 fully saturated rings. The molecule has 5 rings (SSSR count). The van der Waals surface area contributed by atoms with Crippen molar-refractivity contribution in [1.82, 2.24) is 9.66 Å². The Bertz CT molecular complexity index is 1770. The number of nitrogens with one attached hydrogen (secondary N) is 1. The SMILES string of the molecule is O=C(COc1c(C=Nn2c(C3CCCCC3)nc3ccc(Br)cc3c2=O)cc(Cl)cc1[N+](=O)[O-])Nc1ccccc1F. The molecule has 0 radical (unpaired) electrons. The molecular formula is C29H24BrClFN5O5. The summed E-state index contributed by atoms with van der Waals surface area (Å²) >= 11 is 9.58. The number of hydrogen-bond donors (Lipinski definition) is 1. The van der Waals surface area contributed by atoms with Gasteiger partial charge in [0.05, 0.1) is 27.7 Å². The monoisotopic (exact) mass is 655 g/mol. The molecule has 1 heterocycles. The van der Waals surface area contributed by atoms with Gasteiger partial charge in [0.2, 0.25) is 5.75 Å². The van der Waals surface area contributed by atoms with E-state index in [1.165, 1.54) is 35.2 Å². The second kappa shape index (κ2) is 12.8. The number of halogens is 3.